The maximum absolute atomic E-state index is 12.0. The summed E-state index contributed by atoms with van der Waals surface area (Å²) >= 11 is 0. The van der Waals surface area contributed by atoms with Crippen LogP contribution in [0.25, 0.3) is 0 Å². The molecule has 0 fully saturated rings. The monoisotopic (exact) mass is 258 g/mol. The Balaban J connectivity index is 2.08. The van der Waals surface area contributed by atoms with Crippen LogP contribution in [-0.2, 0) is 13.1 Å². The first-order valence-corrected chi connectivity index (χ1v) is 6.31. The number of anilines is 1. The standard InChI is InChI=1S/C15H18N2O2/c1-3-17-10-4-5-14(15(17)18)16-11-12-6-8-13(19-2)9-7-12/h4-10,16H,3,11H2,1-2H3. The van der Waals surface area contributed by atoms with Crippen LogP contribution >= 0.6 is 0 Å². The first-order chi connectivity index (χ1) is 9.24. The van der Waals surface area contributed by atoms with Crippen LogP contribution in [0.5, 0.6) is 5.75 Å². The minimum absolute atomic E-state index is 0.0125. The molecular weight excluding hydrogens is 240 g/mol. The molecule has 4 nitrogen and oxygen atoms in total. The lowest BCUT2D eigenvalue weighted by atomic mass is 10.2. The highest BCUT2D eigenvalue weighted by Gasteiger charge is 2.01. The number of nitrogens with one attached hydrogen (secondary N) is 1. The summed E-state index contributed by atoms with van der Waals surface area (Å²) in [5.74, 6) is 0.830. The number of hydrogen-bond donors (Lipinski definition) is 1. The number of nitrogens with zero attached hydrogens (tertiary/aromatic N) is 1. The second-order valence-electron chi connectivity index (χ2n) is 4.21. The van der Waals surface area contributed by atoms with Gasteiger partial charge >= 0.3 is 0 Å². The lowest BCUT2D eigenvalue weighted by Crippen LogP contribution is -2.21. The Kier molecular flexibility index (Phi) is 4.23. The molecule has 0 bridgehead atoms. The molecule has 1 aromatic carbocycles. The van der Waals surface area contributed by atoms with Gasteiger partial charge in [0.25, 0.3) is 5.56 Å². The van der Waals surface area contributed by atoms with Crippen LogP contribution in [0.3, 0.4) is 0 Å². The van der Waals surface area contributed by atoms with Crippen LogP contribution in [0.4, 0.5) is 5.69 Å². The van der Waals surface area contributed by atoms with Crippen molar-refractivity contribution in [1.82, 2.24) is 4.57 Å². The average Bonchev–Trinajstić information content (AvgIpc) is 2.47. The van der Waals surface area contributed by atoms with Gasteiger partial charge in [-0.1, -0.05) is 12.1 Å². The van der Waals surface area contributed by atoms with Crippen molar-refractivity contribution in [2.45, 2.75) is 20.0 Å². The fourth-order valence-corrected chi connectivity index (χ4v) is 1.86. The first kappa shape index (κ1) is 13.2. The van der Waals surface area contributed by atoms with Gasteiger partial charge < -0.3 is 14.6 Å². The van der Waals surface area contributed by atoms with Gasteiger partial charge in [-0.2, -0.15) is 0 Å². The molecule has 0 aliphatic carbocycles. The molecule has 0 spiro atoms. The van der Waals surface area contributed by atoms with Crippen molar-refractivity contribution < 1.29 is 4.74 Å². The van der Waals surface area contributed by atoms with Gasteiger partial charge in [-0.3, -0.25) is 4.79 Å². The third-order valence-corrected chi connectivity index (χ3v) is 3.00. The molecular formula is C15H18N2O2. The molecule has 0 unspecified atom stereocenters. The third-order valence-electron chi connectivity index (χ3n) is 3.00. The topological polar surface area (TPSA) is 43.3 Å². The highest BCUT2D eigenvalue weighted by molar-refractivity contribution is 5.41. The van der Waals surface area contributed by atoms with Crippen LogP contribution in [0.2, 0.25) is 0 Å². The molecule has 0 aliphatic rings. The fraction of sp³-hybridized carbons (Fsp3) is 0.267. The van der Waals surface area contributed by atoms with Crippen molar-refractivity contribution in [2.24, 2.45) is 0 Å². The van der Waals surface area contributed by atoms with E-state index in [1.807, 2.05) is 37.3 Å². The van der Waals surface area contributed by atoms with E-state index in [0.717, 1.165) is 11.3 Å². The van der Waals surface area contributed by atoms with Gasteiger partial charge in [-0.25, -0.2) is 0 Å². The van der Waals surface area contributed by atoms with Crippen molar-refractivity contribution in [1.29, 1.82) is 0 Å². The molecule has 0 aliphatic heterocycles. The maximum atomic E-state index is 12.0. The first-order valence-electron chi connectivity index (χ1n) is 6.31. The molecule has 4 heteroatoms. The van der Waals surface area contributed by atoms with Crippen LogP contribution in [-0.4, -0.2) is 11.7 Å². The van der Waals surface area contributed by atoms with Crippen molar-refractivity contribution in [2.75, 3.05) is 12.4 Å². The van der Waals surface area contributed by atoms with Crippen LogP contribution in [0.1, 0.15) is 12.5 Å². The number of benzene rings is 1. The SMILES string of the molecule is CCn1cccc(NCc2ccc(OC)cc2)c1=O. The van der Waals surface area contributed by atoms with Gasteiger partial charge in [-0.15, -0.1) is 0 Å². The summed E-state index contributed by atoms with van der Waals surface area (Å²) in [5, 5.41) is 3.17. The zero-order chi connectivity index (χ0) is 13.7. The quantitative estimate of drug-likeness (QED) is 0.896. The molecule has 2 rings (SSSR count). The molecule has 0 saturated heterocycles. The molecule has 1 heterocycles. The molecule has 2 aromatic rings. The largest absolute Gasteiger partial charge is 0.497 e. The number of rotatable bonds is 5. The summed E-state index contributed by atoms with van der Waals surface area (Å²) in [6.45, 7) is 3.25. The van der Waals surface area contributed by atoms with Gasteiger partial charge in [0.15, 0.2) is 0 Å². The van der Waals surface area contributed by atoms with Crippen molar-refractivity contribution in [3.05, 3.63) is 58.5 Å². The van der Waals surface area contributed by atoms with Gasteiger partial charge in [-0.05, 0) is 36.8 Å². The Morgan fingerprint density at radius 1 is 1.21 bits per heavy atom. The molecule has 100 valence electrons. The summed E-state index contributed by atoms with van der Waals surface area (Å²) in [5.41, 5.74) is 1.74. The predicted octanol–water partition coefficient (Wildman–Crippen LogP) is 2.49. The van der Waals surface area contributed by atoms with Gasteiger partial charge in [0, 0.05) is 19.3 Å². The number of hydrogen-bond acceptors (Lipinski definition) is 3. The minimum Gasteiger partial charge on any atom is -0.497 e. The highest BCUT2D eigenvalue weighted by Crippen LogP contribution is 2.12. The van der Waals surface area contributed by atoms with E-state index in [1.54, 1.807) is 23.9 Å². The van der Waals surface area contributed by atoms with E-state index in [-0.39, 0.29) is 5.56 Å². The number of aromatic nitrogens is 1. The van der Waals surface area contributed by atoms with E-state index >= 15 is 0 Å². The van der Waals surface area contributed by atoms with Crippen molar-refractivity contribution >= 4 is 5.69 Å². The summed E-state index contributed by atoms with van der Waals surface area (Å²) < 4.78 is 6.78. The van der Waals surface area contributed by atoms with Gasteiger partial charge in [0.2, 0.25) is 0 Å². The van der Waals surface area contributed by atoms with Crippen LogP contribution in [0, 0.1) is 0 Å². The molecule has 1 aromatic heterocycles. The minimum atomic E-state index is 0.0125. The number of pyridine rings is 1. The molecule has 1 N–H and O–H groups in total. The normalized spacial score (nSPS) is 10.2. The third kappa shape index (κ3) is 3.16. The van der Waals surface area contributed by atoms with Crippen molar-refractivity contribution in [3.8, 4) is 5.75 Å². The highest BCUT2D eigenvalue weighted by atomic mass is 16.5. The molecule has 0 radical (unpaired) electrons. The number of methoxy groups -OCH3 is 1. The smallest absolute Gasteiger partial charge is 0.273 e. The number of aryl methyl sites for hydroxylation is 1. The maximum Gasteiger partial charge on any atom is 0.273 e. The van der Waals surface area contributed by atoms with E-state index in [4.69, 9.17) is 4.74 Å². The predicted molar refractivity (Wildman–Crippen MR) is 76.7 cm³/mol. The number of ether oxygens (including phenoxy) is 1. The second-order valence-corrected chi connectivity index (χ2v) is 4.21. The van der Waals surface area contributed by atoms with Crippen molar-refractivity contribution in [3.63, 3.8) is 0 Å². The lowest BCUT2D eigenvalue weighted by molar-refractivity contribution is 0.414. The Morgan fingerprint density at radius 2 is 1.95 bits per heavy atom. The van der Waals surface area contributed by atoms with E-state index < -0.39 is 0 Å². The molecule has 0 amide bonds. The van der Waals surface area contributed by atoms with E-state index in [2.05, 4.69) is 5.32 Å². The average molecular weight is 258 g/mol. The van der Waals surface area contributed by atoms with E-state index in [9.17, 15) is 4.79 Å². The summed E-state index contributed by atoms with van der Waals surface area (Å²) in [4.78, 5) is 12.0. The summed E-state index contributed by atoms with van der Waals surface area (Å²) in [6, 6.07) is 11.5. The summed E-state index contributed by atoms with van der Waals surface area (Å²) in [6.07, 6.45) is 1.79. The molecule has 0 atom stereocenters. The van der Waals surface area contributed by atoms with E-state index in [1.165, 1.54) is 0 Å². The zero-order valence-electron chi connectivity index (χ0n) is 11.2. The van der Waals surface area contributed by atoms with Crippen LogP contribution in [0.15, 0.2) is 47.4 Å². The summed E-state index contributed by atoms with van der Waals surface area (Å²) in [7, 11) is 1.64. The molecule has 0 saturated carbocycles. The second kappa shape index (κ2) is 6.09. The zero-order valence-corrected chi connectivity index (χ0v) is 11.2. The lowest BCUT2D eigenvalue weighted by Gasteiger charge is -2.09. The van der Waals surface area contributed by atoms with Crippen LogP contribution < -0.4 is 15.6 Å². The Morgan fingerprint density at radius 3 is 2.58 bits per heavy atom. The Bertz CT molecular complexity index is 588. The Labute approximate surface area is 112 Å². The fourth-order valence-electron chi connectivity index (χ4n) is 1.86. The van der Waals surface area contributed by atoms with Gasteiger partial charge in [0.1, 0.15) is 11.4 Å². The Hall–Kier alpha value is -2.23. The van der Waals surface area contributed by atoms with Gasteiger partial charge in [0.05, 0.1) is 7.11 Å². The van der Waals surface area contributed by atoms with E-state index in [0.29, 0.717) is 18.8 Å². The molecule has 19 heavy (non-hydrogen) atoms.